The number of rotatable bonds is 3. The van der Waals surface area contributed by atoms with Gasteiger partial charge in [0.05, 0.1) is 24.9 Å². The lowest BCUT2D eigenvalue weighted by molar-refractivity contribution is -0.171. The Bertz CT molecular complexity index is 587. The molecule has 7 nitrogen and oxygen atoms in total. The number of aliphatic hydroxyl groups excluding tert-OH is 1. The SMILES string of the molecule is CC[C@H]1C[C@@H](O)CC2(CCN(c3ncncc3C(=O)OC)CC2)O1. The summed E-state index contributed by atoms with van der Waals surface area (Å²) in [6.07, 6.45) is 6.72. The topological polar surface area (TPSA) is 84.8 Å². The van der Waals surface area contributed by atoms with Gasteiger partial charge >= 0.3 is 5.97 Å². The summed E-state index contributed by atoms with van der Waals surface area (Å²) in [4.78, 5) is 22.2. The fraction of sp³-hybridized carbons (Fsp3) is 0.706. The molecule has 3 heterocycles. The van der Waals surface area contributed by atoms with Crippen LogP contribution >= 0.6 is 0 Å². The number of esters is 1. The standard InChI is InChI=1S/C17H25N3O4/c1-3-13-8-12(21)9-17(24-13)4-6-20(7-5-17)15-14(16(22)23-2)10-18-11-19-15/h10-13,21H,3-9H2,1-2H3/t12-,13+/m1/s1. The van der Waals surface area contributed by atoms with Crippen LogP contribution in [-0.2, 0) is 9.47 Å². The first-order valence-electron chi connectivity index (χ1n) is 8.56. The van der Waals surface area contributed by atoms with Gasteiger partial charge in [0, 0.05) is 25.7 Å². The van der Waals surface area contributed by atoms with E-state index in [9.17, 15) is 9.90 Å². The molecule has 0 radical (unpaired) electrons. The Labute approximate surface area is 142 Å². The number of hydrogen-bond acceptors (Lipinski definition) is 7. The largest absolute Gasteiger partial charge is 0.465 e. The van der Waals surface area contributed by atoms with Crippen LogP contribution in [0, 0.1) is 0 Å². The van der Waals surface area contributed by atoms with Gasteiger partial charge in [0.15, 0.2) is 0 Å². The Morgan fingerprint density at radius 1 is 1.50 bits per heavy atom. The van der Waals surface area contributed by atoms with E-state index in [1.54, 1.807) is 0 Å². The van der Waals surface area contributed by atoms with Crippen molar-refractivity contribution in [3.05, 3.63) is 18.1 Å². The molecule has 132 valence electrons. The minimum absolute atomic E-state index is 0.130. The van der Waals surface area contributed by atoms with E-state index in [1.807, 2.05) is 0 Å². The molecule has 2 aliphatic heterocycles. The van der Waals surface area contributed by atoms with Gasteiger partial charge in [-0.05, 0) is 25.7 Å². The van der Waals surface area contributed by atoms with Gasteiger partial charge in [-0.15, -0.1) is 0 Å². The zero-order valence-electron chi connectivity index (χ0n) is 14.3. The first-order chi connectivity index (χ1) is 11.6. The Hall–Kier alpha value is -1.73. The fourth-order valence-corrected chi connectivity index (χ4v) is 3.79. The summed E-state index contributed by atoms with van der Waals surface area (Å²) in [7, 11) is 1.35. The number of piperidine rings is 1. The number of carbonyl (C=O) groups excluding carboxylic acids is 1. The number of nitrogens with zero attached hydrogens (tertiary/aromatic N) is 3. The third-order valence-electron chi connectivity index (χ3n) is 5.09. The molecular formula is C17H25N3O4. The Balaban J connectivity index is 1.73. The summed E-state index contributed by atoms with van der Waals surface area (Å²) in [6, 6.07) is 0. The first kappa shape index (κ1) is 17.1. The number of aromatic nitrogens is 2. The highest BCUT2D eigenvalue weighted by molar-refractivity contribution is 5.94. The van der Waals surface area contributed by atoms with Gasteiger partial charge in [0.25, 0.3) is 0 Å². The van der Waals surface area contributed by atoms with E-state index in [-0.39, 0.29) is 17.8 Å². The Morgan fingerprint density at radius 3 is 2.92 bits per heavy atom. The van der Waals surface area contributed by atoms with Gasteiger partial charge in [-0.3, -0.25) is 0 Å². The normalized spacial score (nSPS) is 26.4. The molecule has 2 saturated heterocycles. The van der Waals surface area contributed by atoms with E-state index in [2.05, 4.69) is 21.8 Å². The molecule has 1 aromatic rings. The molecular weight excluding hydrogens is 310 g/mol. The fourth-order valence-electron chi connectivity index (χ4n) is 3.79. The predicted molar refractivity (Wildman–Crippen MR) is 88.0 cm³/mol. The van der Waals surface area contributed by atoms with Gasteiger partial charge < -0.3 is 19.5 Å². The lowest BCUT2D eigenvalue weighted by atomic mass is 9.81. The van der Waals surface area contributed by atoms with Crippen LogP contribution in [0.3, 0.4) is 0 Å². The zero-order chi connectivity index (χ0) is 17.2. The van der Waals surface area contributed by atoms with Crippen molar-refractivity contribution in [2.75, 3.05) is 25.1 Å². The summed E-state index contributed by atoms with van der Waals surface area (Å²) in [5.74, 6) is 0.177. The second kappa shape index (κ2) is 7.03. The van der Waals surface area contributed by atoms with Crippen molar-refractivity contribution < 1.29 is 19.4 Å². The van der Waals surface area contributed by atoms with E-state index in [4.69, 9.17) is 9.47 Å². The highest BCUT2D eigenvalue weighted by Gasteiger charge is 2.43. The van der Waals surface area contributed by atoms with E-state index in [0.717, 1.165) is 38.8 Å². The molecule has 3 rings (SSSR count). The van der Waals surface area contributed by atoms with Gasteiger partial charge in [-0.25, -0.2) is 14.8 Å². The molecule has 1 N–H and O–H groups in total. The van der Waals surface area contributed by atoms with Crippen molar-refractivity contribution in [2.45, 2.75) is 56.8 Å². The van der Waals surface area contributed by atoms with Crippen LogP contribution in [0.25, 0.3) is 0 Å². The van der Waals surface area contributed by atoms with E-state index >= 15 is 0 Å². The van der Waals surface area contributed by atoms with Crippen molar-refractivity contribution in [1.29, 1.82) is 0 Å². The quantitative estimate of drug-likeness (QED) is 0.839. The molecule has 1 aromatic heterocycles. The lowest BCUT2D eigenvalue weighted by Gasteiger charge is -2.48. The van der Waals surface area contributed by atoms with Crippen LogP contribution < -0.4 is 4.90 Å². The maximum Gasteiger partial charge on any atom is 0.343 e. The Morgan fingerprint density at radius 2 is 2.25 bits per heavy atom. The molecule has 24 heavy (non-hydrogen) atoms. The first-order valence-corrected chi connectivity index (χ1v) is 8.56. The third-order valence-corrected chi connectivity index (χ3v) is 5.09. The number of hydrogen-bond donors (Lipinski definition) is 1. The van der Waals surface area contributed by atoms with E-state index in [0.29, 0.717) is 17.8 Å². The van der Waals surface area contributed by atoms with Crippen molar-refractivity contribution >= 4 is 11.8 Å². The minimum atomic E-state index is -0.429. The average molecular weight is 335 g/mol. The van der Waals surface area contributed by atoms with Crippen molar-refractivity contribution in [1.82, 2.24) is 9.97 Å². The Kier molecular flexibility index (Phi) is 5.01. The van der Waals surface area contributed by atoms with Gasteiger partial charge in [0.1, 0.15) is 17.7 Å². The molecule has 2 atom stereocenters. The maximum absolute atomic E-state index is 11.9. The average Bonchev–Trinajstić information content (AvgIpc) is 2.61. The number of aliphatic hydroxyl groups is 1. The molecule has 0 aromatic carbocycles. The molecule has 2 fully saturated rings. The van der Waals surface area contributed by atoms with Crippen molar-refractivity contribution in [3.63, 3.8) is 0 Å². The molecule has 7 heteroatoms. The molecule has 0 aliphatic carbocycles. The molecule has 0 unspecified atom stereocenters. The van der Waals surface area contributed by atoms with Crippen molar-refractivity contribution in [3.8, 4) is 0 Å². The maximum atomic E-state index is 11.9. The van der Waals surface area contributed by atoms with Crippen LogP contribution in [0.4, 0.5) is 5.82 Å². The van der Waals surface area contributed by atoms with Gasteiger partial charge in [-0.1, -0.05) is 6.92 Å². The number of ether oxygens (including phenoxy) is 2. The summed E-state index contributed by atoms with van der Waals surface area (Å²) < 4.78 is 11.1. The molecule has 1 spiro atoms. The number of carbonyl (C=O) groups is 1. The van der Waals surface area contributed by atoms with Crippen LogP contribution in [0.5, 0.6) is 0 Å². The number of methoxy groups -OCH3 is 1. The monoisotopic (exact) mass is 335 g/mol. The second-order valence-electron chi connectivity index (χ2n) is 6.66. The van der Waals surface area contributed by atoms with Gasteiger partial charge in [0.2, 0.25) is 0 Å². The minimum Gasteiger partial charge on any atom is -0.465 e. The van der Waals surface area contributed by atoms with E-state index in [1.165, 1.54) is 19.6 Å². The van der Waals surface area contributed by atoms with Crippen molar-refractivity contribution in [2.24, 2.45) is 0 Å². The molecule has 0 saturated carbocycles. The van der Waals surface area contributed by atoms with Gasteiger partial charge in [-0.2, -0.15) is 0 Å². The highest BCUT2D eigenvalue weighted by atomic mass is 16.5. The van der Waals surface area contributed by atoms with Crippen LogP contribution in [0.1, 0.15) is 49.4 Å². The molecule has 0 bridgehead atoms. The summed E-state index contributed by atoms with van der Waals surface area (Å²) in [5.41, 5.74) is 0.125. The summed E-state index contributed by atoms with van der Waals surface area (Å²) in [5, 5.41) is 10.2. The van der Waals surface area contributed by atoms with Crippen LogP contribution in [0.15, 0.2) is 12.5 Å². The second-order valence-corrected chi connectivity index (χ2v) is 6.66. The smallest absolute Gasteiger partial charge is 0.343 e. The zero-order valence-corrected chi connectivity index (χ0v) is 14.3. The van der Waals surface area contributed by atoms with E-state index < -0.39 is 5.97 Å². The predicted octanol–water partition coefficient (Wildman–Crippen LogP) is 1.55. The highest BCUT2D eigenvalue weighted by Crippen LogP contribution is 2.39. The molecule has 2 aliphatic rings. The van der Waals surface area contributed by atoms with Crippen LogP contribution in [0.2, 0.25) is 0 Å². The summed E-state index contributed by atoms with van der Waals surface area (Å²) >= 11 is 0. The third kappa shape index (κ3) is 3.37. The number of anilines is 1. The lowest BCUT2D eigenvalue weighted by Crippen LogP contribution is -2.53. The van der Waals surface area contributed by atoms with Crippen LogP contribution in [-0.4, -0.2) is 59.1 Å². The summed E-state index contributed by atoms with van der Waals surface area (Å²) in [6.45, 7) is 3.55. The molecule has 0 amide bonds.